The van der Waals surface area contributed by atoms with Crippen molar-refractivity contribution in [3.63, 3.8) is 0 Å². The van der Waals surface area contributed by atoms with Crippen LogP contribution in [0.3, 0.4) is 0 Å². The lowest BCUT2D eigenvalue weighted by molar-refractivity contribution is 0.318. The van der Waals surface area contributed by atoms with E-state index in [2.05, 4.69) is 5.16 Å². The Kier molecular flexibility index (Phi) is 4.66. The number of phenolic OH excluding ortho intramolecular Hbond substituents is 1. The first-order valence-electron chi connectivity index (χ1n) is 6.58. The van der Waals surface area contributed by atoms with Crippen LogP contribution in [0, 0.1) is 6.92 Å². The Morgan fingerprint density at radius 2 is 2.05 bits per heavy atom. The number of aryl methyl sites for hydroxylation is 1. The van der Waals surface area contributed by atoms with Crippen molar-refractivity contribution in [2.75, 3.05) is 12.3 Å². The molecule has 0 radical (unpaired) electrons. The summed E-state index contributed by atoms with van der Waals surface area (Å²) in [6.07, 6.45) is 1.99. The third-order valence-electron chi connectivity index (χ3n) is 3.04. The summed E-state index contributed by atoms with van der Waals surface area (Å²) in [6, 6.07) is 10.5. The number of hydrogen-bond acceptors (Lipinski definition) is 5. The monoisotopic (exact) mass is 286 g/mol. The summed E-state index contributed by atoms with van der Waals surface area (Å²) in [7, 11) is 0. The Bertz CT molecular complexity index is 634. The lowest BCUT2D eigenvalue weighted by Gasteiger charge is -2.10. The van der Waals surface area contributed by atoms with Crippen LogP contribution < -0.4 is 10.5 Å². The number of benzene rings is 2. The molecule has 0 saturated heterocycles. The van der Waals surface area contributed by atoms with Gasteiger partial charge < -0.3 is 20.8 Å². The van der Waals surface area contributed by atoms with Crippen molar-refractivity contribution in [3.05, 3.63) is 53.1 Å². The molecule has 0 unspecified atom stereocenters. The highest BCUT2D eigenvalue weighted by Crippen LogP contribution is 2.21. The van der Waals surface area contributed by atoms with E-state index >= 15 is 0 Å². The molecule has 0 aromatic heterocycles. The van der Waals surface area contributed by atoms with Crippen LogP contribution in [0.1, 0.15) is 16.7 Å². The van der Waals surface area contributed by atoms with Gasteiger partial charge >= 0.3 is 0 Å². The molecule has 0 amide bonds. The first kappa shape index (κ1) is 14.7. The SMILES string of the molecule is Cc1cc(O)cc(OCCc2ccc(N)cc2/C=N\O)c1. The third-order valence-corrected chi connectivity index (χ3v) is 3.04. The van der Waals surface area contributed by atoms with Gasteiger partial charge in [0.25, 0.3) is 0 Å². The number of oxime groups is 1. The number of anilines is 1. The average molecular weight is 286 g/mol. The fourth-order valence-electron chi connectivity index (χ4n) is 2.11. The normalized spacial score (nSPS) is 10.9. The summed E-state index contributed by atoms with van der Waals surface area (Å²) in [5.41, 5.74) is 8.98. The van der Waals surface area contributed by atoms with E-state index in [0.29, 0.717) is 24.5 Å². The Morgan fingerprint density at radius 1 is 1.24 bits per heavy atom. The predicted octanol–water partition coefficient (Wildman–Crippen LogP) is 2.71. The molecule has 4 N–H and O–H groups in total. The highest BCUT2D eigenvalue weighted by Gasteiger charge is 2.03. The Morgan fingerprint density at radius 3 is 2.76 bits per heavy atom. The van der Waals surface area contributed by atoms with E-state index in [9.17, 15) is 5.11 Å². The lowest BCUT2D eigenvalue weighted by atomic mass is 10.0. The standard InChI is InChI=1S/C16H18N2O3/c1-11-6-15(19)9-16(7-11)21-5-4-12-2-3-14(17)8-13(12)10-18-20/h2-3,6-10,19-20H,4-5,17H2,1H3/b18-10-. The molecule has 0 heterocycles. The molecule has 2 rings (SSSR count). The van der Waals surface area contributed by atoms with Gasteiger partial charge in [0.15, 0.2) is 0 Å². The zero-order chi connectivity index (χ0) is 15.2. The van der Waals surface area contributed by atoms with Crippen LogP contribution in [0.5, 0.6) is 11.5 Å². The molecule has 2 aromatic rings. The molecule has 0 fully saturated rings. The number of rotatable bonds is 5. The maximum atomic E-state index is 9.52. The van der Waals surface area contributed by atoms with Crippen molar-refractivity contribution in [2.24, 2.45) is 5.16 Å². The van der Waals surface area contributed by atoms with Gasteiger partial charge in [0.1, 0.15) is 11.5 Å². The van der Waals surface area contributed by atoms with Crippen LogP contribution in [0.2, 0.25) is 0 Å². The fraction of sp³-hybridized carbons (Fsp3) is 0.188. The first-order chi connectivity index (χ1) is 10.1. The number of nitrogens with two attached hydrogens (primary N) is 1. The molecule has 0 spiro atoms. The van der Waals surface area contributed by atoms with Crippen LogP contribution >= 0.6 is 0 Å². The fourth-order valence-corrected chi connectivity index (χ4v) is 2.11. The van der Waals surface area contributed by atoms with Crippen LogP contribution in [-0.4, -0.2) is 23.1 Å². The molecule has 110 valence electrons. The summed E-state index contributed by atoms with van der Waals surface area (Å²) in [6.45, 7) is 2.33. The third kappa shape index (κ3) is 4.14. The molecule has 5 heteroatoms. The summed E-state index contributed by atoms with van der Waals surface area (Å²) >= 11 is 0. The van der Waals surface area contributed by atoms with Crippen LogP contribution in [0.25, 0.3) is 0 Å². The minimum Gasteiger partial charge on any atom is -0.508 e. The number of nitrogen functional groups attached to an aromatic ring is 1. The van der Waals surface area contributed by atoms with Crippen LogP contribution in [-0.2, 0) is 6.42 Å². The van der Waals surface area contributed by atoms with Crippen molar-refractivity contribution in [1.82, 2.24) is 0 Å². The topological polar surface area (TPSA) is 88.1 Å². The second kappa shape index (κ2) is 6.65. The molecule has 21 heavy (non-hydrogen) atoms. The van der Waals surface area contributed by atoms with Gasteiger partial charge in [-0.25, -0.2) is 0 Å². The van der Waals surface area contributed by atoms with Gasteiger partial charge in [-0.1, -0.05) is 11.2 Å². The van der Waals surface area contributed by atoms with Crippen molar-refractivity contribution < 1.29 is 15.1 Å². The smallest absolute Gasteiger partial charge is 0.123 e. The van der Waals surface area contributed by atoms with Crippen LogP contribution in [0.4, 0.5) is 5.69 Å². The molecule has 0 aliphatic carbocycles. The van der Waals surface area contributed by atoms with Crippen LogP contribution in [0.15, 0.2) is 41.6 Å². The van der Waals surface area contributed by atoms with Crippen molar-refractivity contribution >= 4 is 11.9 Å². The van der Waals surface area contributed by atoms with Gasteiger partial charge in [-0.2, -0.15) is 0 Å². The average Bonchev–Trinajstić information content (AvgIpc) is 2.40. The van der Waals surface area contributed by atoms with Gasteiger partial charge in [0.2, 0.25) is 0 Å². The zero-order valence-corrected chi connectivity index (χ0v) is 11.8. The number of aromatic hydroxyl groups is 1. The number of ether oxygens (including phenoxy) is 1. The second-order valence-electron chi connectivity index (χ2n) is 4.81. The number of phenols is 1. The Hall–Kier alpha value is -2.69. The number of hydrogen-bond donors (Lipinski definition) is 3. The maximum Gasteiger partial charge on any atom is 0.123 e. The minimum atomic E-state index is 0.186. The first-order valence-corrected chi connectivity index (χ1v) is 6.58. The predicted molar refractivity (Wildman–Crippen MR) is 82.3 cm³/mol. The molecule has 0 aliphatic rings. The maximum absolute atomic E-state index is 9.52. The van der Waals surface area contributed by atoms with Crippen molar-refractivity contribution in [2.45, 2.75) is 13.3 Å². The largest absolute Gasteiger partial charge is 0.508 e. The molecular weight excluding hydrogens is 268 g/mol. The van der Waals surface area contributed by atoms with Crippen molar-refractivity contribution in [3.8, 4) is 11.5 Å². The second-order valence-corrected chi connectivity index (χ2v) is 4.81. The molecule has 0 bridgehead atoms. The van der Waals surface area contributed by atoms with Gasteiger partial charge in [-0.3, -0.25) is 0 Å². The minimum absolute atomic E-state index is 0.186. The van der Waals surface area contributed by atoms with E-state index in [4.69, 9.17) is 15.7 Å². The zero-order valence-electron chi connectivity index (χ0n) is 11.8. The Labute approximate surface area is 123 Å². The van der Waals surface area contributed by atoms with Gasteiger partial charge in [-0.15, -0.1) is 0 Å². The van der Waals surface area contributed by atoms with Crippen molar-refractivity contribution in [1.29, 1.82) is 0 Å². The number of nitrogens with zero attached hydrogens (tertiary/aromatic N) is 1. The highest BCUT2D eigenvalue weighted by molar-refractivity contribution is 5.82. The molecule has 2 aromatic carbocycles. The van der Waals surface area contributed by atoms with E-state index in [1.807, 2.05) is 19.1 Å². The molecule has 0 atom stereocenters. The van der Waals surface area contributed by atoms with Gasteiger partial charge in [0, 0.05) is 23.7 Å². The molecular formula is C16H18N2O3. The van der Waals surface area contributed by atoms with Gasteiger partial charge in [0.05, 0.1) is 12.8 Å². The molecule has 0 saturated carbocycles. The highest BCUT2D eigenvalue weighted by atomic mass is 16.5. The van der Waals surface area contributed by atoms with Gasteiger partial charge in [-0.05, 0) is 42.3 Å². The quantitative estimate of drug-likeness (QED) is 0.341. The molecule has 0 aliphatic heterocycles. The molecule has 5 nitrogen and oxygen atoms in total. The van der Waals surface area contributed by atoms with E-state index in [0.717, 1.165) is 16.7 Å². The summed E-state index contributed by atoms with van der Waals surface area (Å²) < 4.78 is 5.64. The van der Waals surface area contributed by atoms with E-state index in [1.165, 1.54) is 6.21 Å². The summed E-state index contributed by atoms with van der Waals surface area (Å²) in [4.78, 5) is 0. The van der Waals surface area contributed by atoms with E-state index in [1.54, 1.807) is 24.3 Å². The van der Waals surface area contributed by atoms with E-state index < -0.39 is 0 Å². The summed E-state index contributed by atoms with van der Waals surface area (Å²) in [5.74, 6) is 0.811. The Balaban J connectivity index is 2.03. The van der Waals surface area contributed by atoms with E-state index in [-0.39, 0.29) is 5.75 Å². The summed E-state index contributed by atoms with van der Waals surface area (Å²) in [5, 5.41) is 21.2. The lowest BCUT2D eigenvalue weighted by Crippen LogP contribution is -2.04.